The summed E-state index contributed by atoms with van der Waals surface area (Å²) in [6.45, 7) is 4.57. The molecule has 1 amide bonds. The largest absolute Gasteiger partial charge is 0.311 e. The van der Waals surface area contributed by atoms with Gasteiger partial charge in [0.15, 0.2) is 0 Å². The Kier molecular flexibility index (Phi) is 2.23. The van der Waals surface area contributed by atoms with Gasteiger partial charge in [-0.25, -0.2) is 0 Å². The molecule has 0 fully saturated rings. The highest BCUT2D eigenvalue weighted by Gasteiger charge is 2.24. The highest BCUT2D eigenvalue weighted by atomic mass is 16.2. The van der Waals surface area contributed by atoms with Crippen molar-refractivity contribution in [3.63, 3.8) is 0 Å². The third kappa shape index (κ3) is 1.50. The molecule has 2 heterocycles. The molecule has 0 unspecified atom stereocenters. The first kappa shape index (κ1) is 9.19. The van der Waals surface area contributed by atoms with E-state index < -0.39 is 0 Å². The van der Waals surface area contributed by atoms with Crippen molar-refractivity contribution in [2.24, 2.45) is 5.92 Å². The monoisotopic (exact) mass is 190 g/mol. The van der Waals surface area contributed by atoms with E-state index in [-0.39, 0.29) is 5.91 Å². The molecule has 1 atom stereocenters. The molecule has 0 saturated carbocycles. The molecule has 1 aromatic heterocycles. The minimum atomic E-state index is 0.103. The summed E-state index contributed by atoms with van der Waals surface area (Å²) >= 11 is 0. The first-order chi connectivity index (χ1) is 6.68. The Labute approximate surface area is 83.8 Å². The molecule has 0 bridgehead atoms. The summed E-state index contributed by atoms with van der Waals surface area (Å²) in [5.41, 5.74) is 2.03. The Morgan fingerprint density at radius 2 is 2.43 bits per heavy atom. The number of rotatable bonds is 0. The zero-order valence-electron chi connectivity index (χ0n) is 8.53. The highest BCUT2D eigenvalue weighted by Crippen LogP contribution is 2.27. The normalized spacial score (nSPS) is 20.4. The summed E-state index contributed by atoms with van der Waals surface area (Å²) in [6.07, 6.45) is 2.76. The molecule has 3 heteroatoms. The van der Waals surface area contributed by atoms with Crippen LogP contribution in [0.25, 0.3) is 0 Å². The van der Waals surface area contributed by atoms with Crippen molar-refractivity contribution in [2.75, 3.05) is 11.4 Å². The third-order valence-corrected chi connectivity index (χ3v) is 2.57. The average molecular weight is 190 g/mol. The first-order valence-corrected chi connectivity index (χ1v) is 4.90. The minimum Gasteiger partial charge on any atom is -0.311 e. The van der Waals surface area contributed by atoms with E-state index in [4.69, 9.17) is 0 Å². The van der Waals surface area contributed by atoms with Crippen LogP contribution >= 0.6 is 0 Å². The number of nitrogens with zero attached hydrogens (tertiary/aromatic N) is 2. The number of hydrogen-bond donors (Lipinski definition) is 0. The predicted molar refractivity (Wildman–Crippen MR) is 55.1 cm³/mol. The summed E-state index contributed by atoms with van der Waals surface area (Å²) in [5, 5.41) is 0. The molecule has 0 saturated heterocycles. The SMILES string of the molecule is CC(=O)N1C[C@H](C)Cc2ncccc21. The lowest BCUT2D eigenvalue weighted by molar-refractivity contribution is -0.116. The van der Waals surface area contributed by atoms with Gasteiger partial charge in [-0.1, -0.05) is 6.92 Å². The van der Waals surface area contributed by atoms with Gasteiger partial charge in [-0.2, -0.15) is 0 Å². The second kappa shape index (κ2) is 3.40. The molecule has 0 radical (unpaired) electrons. The Morgan fingerprint density at radius 3 is 3.14 bits per heavy atom. The Hall–Kier alpha value is -1.38. The van der Waals surface area contributed by atoms with E-state index in [1.54, 1.807) is 13.1 Å². The second-order valence-corrected chi connectivity index (χ2v) is 3.91. The number of hydrogen-bond acceptors (Lipinski definition) is 2. The fourth-order valence-corrected chi connectivity index (χ4v) is 1.94. The smallest absolute Gasteiger partial charge is 0.223 e. The number of carbonyl (C=O) groups is 1. The molecule has 74 valence electrons. The average Bonchev–Trinajstić information content (AvgIpc) is 2.16. The maximum atomic E-state index is 11.4. The predicted octanol–water partition coefficient (Wildman–Crippen LogP) is 1.63. The quantitative estimate of drug-likeness (QED) is 0.623. The second-order valence-electron chi connectivity index (χ2n) is 3.91. The number of amides is 1. The molecule has 0 aromatic carbocycles. The lowest BCUT2D eigenvalue weighted by Crippen LogP contribution is -2.38. The van der Waals surface area contributed by atoms with Crippen molar-refractivity contribution >= 4 is 11.6 Å². The zero-order chi connectivity index (χ0) is 10.1. The lowest BCUT2D eigenvalue weighted by Gasteiger charge is -2.31. The van der Waals surface area contributed by atoms with Gasteiger partial charge in [0.1, 0.15) is 0 Å². The molecule has 0 N–H and O–H groups in total. The van der Waals surface area contributed by atoms with Crippen LogP contribution in [0.3, 0.4) is 0 Å². The minimum absolute atomic E-state index is 0.103. The summed E-state index contributed by atoms with van der Waals surface area (Å²) in [4.78, 5) is 17.5. The molecule has 0 spiro atoms. The summed E-state index contributed by atoms with van der Waals surface area (Å²) in [7, 11) is 0. The van der Waals surface area contributed by atoms with Gasteiger partial charge in [0.25, 0.3) is 0 Å². The van der Waals surface area contributed by atoms with Crippen LogP contribution in [0, 0.1) is 5.92 Å². The van der Waals surface area contributed by atoms with Crippen LogP contribution in [-0.4, -0.2) is 17.4 Å². The van der Waals surface area contributed by atoms with Crippen LogP contribution in [0.15, 0.2) is 18.3 Å². The van der Waals surface area contributed by atoms with Gasteiger partial charge in [-0.05, 0) is 24.5 Å². The highest BCUT2D eigenvalue weighted by molar-refractivity contribution is 5.92. The van der Waals surface area contributed by atoms with Crippen molar-refractivity contribution in [3.05, 3.63) is 24.0 Å². The van der Waals surface area contributed by atoms with Gasteiger partial charge in [0.05, 0.1) is 11.4 Å². The van der Waals surface area contributed by atoms with Crippen LogP contribution in [0.1, 0.15) is 19.5 Å². The molecule has 1 aliphatic rings. The van der Waals surface area contributed by atoms with Crippen molar-refractivity contribution in [3.8, 4) is 0 Å². The van der Waals surface area contributed by atoms with Crippen molar-refractivity contribution in [1.82, 2.24) is 4.98 Å². The summed E-state index contributed by atoms with van der Waals surface area (Å²) < 4.78 is 0. The molecular formula is C11H14N2O. The van der Waals surface area contributed by atoms with Gasteiger partial charge >= 0.3 is 0 Å². The maximum absolute atomic E-state index is 11.4. The van der Waals surface area contributed by atoms with E-state index >= 15 is 0 Å². The van der Waals surface area contributed by atoms with E-state index in [1.807, 2.05) is 17.0 Å². The number of fused-ring (bicyclic) bond motifs is 1. The number of carbonyl (C=O) groups excluding carboxylic acids is 1. The first-order valence-electron chi connectivity index (χ1n) is 4.90. The molecule has 1 aliphatic heterocycles. The van der Waals surface area contributed by atoms with Gasteiger partial charge in [-0.3, -0.25) is 9.78 Å². The number of aromatic nitrogens is 1. The molecule has 0 aliphatic carbocycles. The molecule has 3 nitrogen and oxygen atoms in total. The Balaban J connectivity index is 2.43. The van der Waals surface area contributed by atoms with Gasteiger partial charge in [0.2, 0.25) is 5.91 Å². The maximum Gasteiger partial charge on any atom is 0.223 e. The standard InChI is InChI=1S/C11H14N2O/c1-8-6-10-11(4-3-5-12-10)13(7-8)9(2)14/h3-5,8H,6-7H2,1-2H3/t8-/m1/s1. The van der Waals surface area contributed by atoms with Crippen LogP contribution in [-0.2, 0) is 11.2 Å². The van der Waals surface area contributed by atoms with Gasteiger partial charge in [0, 0.05) is 19.7 Å². The van der Waals surface area contributed by atoms with Crippen molar-refractivity contribution in [2.45, 2.75) is 20.3 Å². The fourth-order valence-electron chi connectivity index (χ4n) is 1.94. The van der Waals surface area contributed by atoms with E-state index in [9.17, 15) is 4.79 Å². The fraction of sp³-hybridized carbons (Fsp3) is 0.455. The Morgan fingerprint density at radius 1 is 1.64 bits per heavy atom. The van der Waals surface area contributed by atoms with Crippen LogP contribution < -0.4 is 4.90 Å². The van der Waals surface area contributed by atoms with E-state index in [0.717, 1.165) is 24.3 Å². The van der Waals surface area contributed by atoms with Crippen LogP contribution in [0.2, 0.25) is 0 Å². The van der Waals surface area contributed by atoms with E-state index in [0.29, 0.717) is 5.92 Å². The summed E-state index contributed by atoms with van der Waals surface area (Å²) in [6, 6.07) is 3.85. The molecule has 1 aromatic rings. The number of anilines is 1. The van der Waals surface area contributed by atoms with Crippen molar-refractivity contribution in [1.29, 1.82) is 0 Å². The van der Waals surface area contributed by atoms with Crippen molar-refractivity contribution < 1.29 is 4.79 Å². The number of pyridine rings is 1. The van der Waals surface area contributed by atoms with Gasteiger partial charge in [-0.15, -0.1) is 0 Å². The van der Waals surface area contributed by atoms with Gasteiger partial charge < -0.3 is 4.90 Å². The molecular weight excluding hydrogens is 176 g/mol. The summed E-state index contributed by atoms with van der Waals surface area (Å²) in [5.74, 6) is 0.604. The molecule has 14 heavy (non-hydrogen) atoms. The zero-order valence-corrected chi connectivity index (χ0v) is 8.53. The third-order valence-electron chi connectivity index (χ3n) is 2.57. The topological polar surface area (TPSA) is 33.2 Å². The van der Waals surface area contributed by atoms with E-state index in [1.165, 1.54) is 0 Å². The van der Waals surface area contributed by atoms with Crippen LogP contribution in [0.5, 0.6) is 0 Å². The Bertz CT molecular complexity index is 362. The lowest BCUT2D eigenvalue weighted by atomic mass is 9.98. The molecule has 2 rings (SSSR count). The van der Waals surface area contributed by atoms with Crippen LogP contribution in [0.4, 0.5) is 5.69 Å². The van der Waals surface area contributed by atoms with E-state index in [2.05, 4.69) is 11.9 Å².